The van der Waals surface area contributed by atoms with Gasteiger partial charge in [0.15, 0.2) is 0 Å². The first-order valence-corrected chi connectivity index (χ1v) is 8.38. The predicted molar refractivity (Wildman–Crippen MR) is 78.7 cm³/mol. The number of aliphatic hydroxyl groups is 1. The second kappa shape index (κ2) is 8.36. The highest BCUT2D eigenvalue weighted by molar-refractivity contribution is 7.88. The molecular formula is C14H23NO4S. The Balaban J connectivity index is 2.75. The third kappa shape index (κ3) is 5.20. The lowest BCUT2D eigenvalue weighted by Gasteiger charge is -2.20. The van der Waals surface area contributed by atoms with Gasteiger partial charge in [-0.2, -0.15) is 4.31 Å². The van der Waals surface area contributed by atoms with E-state index < -0.39 is 10.0 Å². The van der Waals surface area contributed by atoms with Crippen molar-refractivity contribution in [3.8, 4) is 0 Å². The van der Waals surface area contributed by atoms with Crippen LogP contribution in [0.3, 0.4) is 0 Å². The van der Waals surface area contributed by atoms with Crippen LogP contribution in [0, 0.1) is 0 Å². The zero-order valence-corrected chi connectivity index (χ0v) is 12.9. The van der Waals surface area contributed by atoms with Gasteiger partial charge in [-0.25, -0.2) is 8.42 Å². The number of rotatable bonds is 9. The molecule has 1 rings (SSSR count). The van der Waals surface area contributed by atoms with Crippen LogP contribution in [0.5, 0.6) is 0 Å². The van der Waals surface area contributed by atoms with Crippen LogP contribution in [0.15, 0.2) is 24.3 Å². The van der Waals surface area contributed by atoms with Crippen molar-refractivity contribution in [2.45, 2.75) is 26.2 Å². The van der Waals surface area contributed by atoms with Gasteiger partial charge in [0.25, 0.3) is 0 Å². The van der Waals surface area contributed by atoms with Crippen molar-refractivity contribution < 1.29 is 18.3 Å². The minimum absolute atomic E-state index is 0.0548. The molecule has 0 aromatic heterocycles. The van der Waals surface area contributed by atoms with E-state index in [0.29, 0.717) is 31.9 Å². The Bertz CT molecular complexity index is 502. The zero-order valence-electron chi connectivity index (χ0n) is 12.1. The minimum Gasteiger partial charge on any atom is -0.392 e. The summed E-state index contributed by atoms with van der Waals surface area (Å²) < 4.78 is 31.3. The number of hydrogen-bond donors (Lipinski definition) is 1. The fraction of sp³-hybridized carbons (Fsp3) is 0.571. The Morgan fingerprint density at radius 1 is 1.25 bits per heavy atom. The smallest absolute Gasteiger partial charge is 0.218 e. The van der Waals surface area contributed by atoms with Crippen LogP contribution in [-0.2, 0) is 27.1 Å². The van der Waals surface area contributed by atoms with Gasteiger partial charge in [0.05, 0.1) is 19.0 Å². The second-order valence-corrected chi connectivity index (χ2v) is 6.39. The van der Waals surface area contributed by atoms with E-state index in [4.69, 9.17) is 9.84 Å². The Hall–Kier alpha value is -0.950. The molecule has 1 aromatic carbocycles. The Labute approximate surface area is 121 Å². The monoisotopic (exact) mass is 301 g/mol. The molecule has 0 bridgehead atoms. The van der Waals surface area contributed by atoms with Crippen LogP contribution in [-0.4, -0.2) is 44.1 Å². The topological polar surface area (TPSA) is 66.8 Å². The molecule has 0 radical (unpaired) electrons. The van der Waals surface area contributed by atoms with Gasteiger partial charge in [0.1, 0.15) is 0 Å². The third-order valence-corrected chi connectivity index (χ3v) is 4.88. The molecule has 0 saturated carbocycles. The first-order valence-electron chi connectivity index (χ1n) is 6.77. The van der Waals surface area contributed by atoms with E-state index in [-0.39, 0.29) is 12.4 Å². The van der Waals surface area contributed by atoms with Crippen LogP contribution in [0.4, 0.5) is 0 Å². The largest absolute Gasteiger partial charge is 0.392 e. The number of hydrogen-bond acceptors (Lipinski definition) is 4. The van der Waals surface area contributed by atoms with Crippen LogP contribution < -0.4 is 0 Å². The average Bonchev–Trinajstić information content (AvgIpc) is 2.43. The van der Waals surface area contributed by atoms with E-state index in [1.807, 2.05) is 13.8 Å². The van der Waals surface area contributed by atoms with E-state index in [9.17, 15) is 8.42 Å². The van der Waals surface area contributed by atoms with Crippen molar-refractivity contribution in [1.82, 2.24) is 4.31 Å². The molecule has 5 nitrogen and oxygen atoms in total. The number of nitrogens with zero attached hydrogens (tertiary/aromatic N) is 1. The van der Waals surface area contributed by atoms with E-state index in [1.165, 1.54) is 4.31 Å². The highest BCUT2D eigenvalue weighted by atomic mass is 32.2. The normalized spacial score (nSPS) is 12.0. The predicted octanol–water partition coefficient (Wildman–Crippen LogP) is 1.37. The average molecular weight is 301 g/mol. The summed E-state index contributed by atoms with van der Waals surface area (Å²) in [6, 6.07) is 7.00. The van der Waals surface area contributed by atoms with Gasteiger partial charge in [0.2, 0.25) is 10.0 Å². The fourth-order valence-electron chi connectivity index (χ4n) is 1.92. The number of likely N-dealkylation sites (N-methyl/N-ethyl adjacent to an activating group) is 1. The standard InChI is InChI=1S/C14H23NO4S/c1-3-15(8-9-19-4-2)20(17,18)12-14-7-5-6-13(10-14)11-16/h5-7,10,16H,3-4,8-9,11-12H2,1-2H3. The lowest BCUT2D eigenvalue weighted by atomic mass is 10.1. The Morgan fingerprint density at radius 3 is 2.55 bits per heavy atom. The molecule has 0 spiro atoms. The summed E-state index contributed by atoms with van der Waals surface area (Å²) in [7, 11) is -3.36. The quantitative estimate of drug-likeness (QED) is 0.700. The summed E-state index contributed by atoms with van der Waals surface area (Å²) in [5.41, 5.74) is 1.40. The number of sulfonamides is 1. The highest BCUT2D eigenvalue weighted by Crippen LogP contribution is 2.12. The molecule has 114 valence electrons. The van der Waals surface area contributed by atoms with Gasteiger partial charge < -0.3 is 9.84 Å². The van der Waals surface area contributed by atoms with Gasteiger partial charge >= 0.3 is 0 Å². The van der Waals surface area contributed by atoms with Gasteiger partial charge in [-0.05, 0) is 18.1 Å². The van der Waals surface area contributed by atoms with Crippen LogP contribution >= 0.6 is 0 Å². The van der Waals surface area contributed by atoms with Gasteiger partial charge in [-0.3, -0.25) is 0 Å². The summed E-state index contributed by atoms with van der Waals surface area (Å²) in [4.78, 5) is 0. The van der Waals surface area contributed by atoms with E-state index in [2.05, 4.69) is 0 Å². The molecule has 0 amide bonds. The maximum atomic E-state index is 12.3. The molecule has 6 heteroatoms. The van der Waals surface area contributed by atoms with E-state index >= 15 is 0 Å². The molecule has 0 aliphatic carbocycles. The van der Waals surface area contributed by atoms with Crippen molar-refractivity contribution in [1.29, 1.82) is 0 Å². The maximum absolute atomic E-state index is 12.3. The molecule has 0 saturated heterocycles. The highest BCUT2D eigenvalue weighted by Gasteiger charge is 2.20. The number of benzene rings is 1. The molecular weight excluding hydrogens is 278 g/mol. The van der Waals surface area contributed by atoms with E-state index in [0.717, 1.165) is 5.56 Å². The summed E-state index contributed by atoms with van der Waals surface area (Å²) in [6.45, 7) is 5.38. The molecule has 0 heterocycles. The Kier molecular flexibility index (Phi) is 7.15. The molecule has 1 aromatic rings. The lowest BCUT2D eigenvalue weighted by Crippen LogP contribution is -2.34. The molecule has 0 unspecified atom stereocenters. The van der Waals surface area contributed by atoms with Crippen molar-refractivity contribution in [3.63, 3.8) is 0 Å². The molecule has 1 N–H and O–H groups in total. The molecule has 0 aliphatic heterocycles. The van der Waals surface area contributed by atoms with E-state index in [1.54, 1.807) is 24.3 Å². The first kappa shape index (κ1) is 17.1. The molecule has 20 heavy (non-hydrogen) atoms. The van der Waals surface area contributed by atoms with Gasteiger partial charge in [0, 0.05) is 19.7 Å². The van der Waals surface area contributed by atoms with Crippen molar-refractivity contribution in [2.24, 2.45) is 0 Å². The third-order valence-electron chi connectivity index (χ3n) is 2.96. The summed E-state index contributed by atoms with van der Waals surface area (Å²) in [5.74, 6) is -0.0548. The maximum Gasteiger partial charge on any atom is 0.218 e. The van der Waals surface area contributed by atoms with Crippen molar-refractivity contribution in [3.05, 3.63) is 35.4 Å². The second-order valence-electron chi connectivity index (χ2n) is 4.42. The van der Waals surface area contributed by atoms with Crippen LogP contribution in [0.1, 0.15) is 25.0 Å². The SMILES string of the molecule is CCOCCN(CC)S(=O)(=O)Cc1cccc(CO)c1. The summed E-state index contributed by atoms with van der Waals surface area (Å²) >= 11 is 0. The van der Waals surface area contributed by atoms with Gasteiger partial charge in [-0.15, -0.1) is 0 Å². The van der Waals surface area contributed by atoms with Crippen molar-refractivity contribution >= 4 is 10.0 Å². The minimum atomic E-state index is -3.36. The molecule has 0 atom stereocenters. The van der Waals surface area contributed by atoms with Crippen LogP contribution in [0.25, 0.3) is 0 Å². The van der Waals surface area contributed by atoms with Crippen LogP contribution in [0.2, 0.25) is 0 Å². The number of aliphatic hydroxyl groups excluding tert-OH is 1. The fourth-order valence-corrected chi connectivity index (χ4v) is 3.45. The summed E-state index contributed by atoms with van der Waals surface area (Å²) in [6.07, 6.45) is 0. The number of ether oxygens (including phenoxy) is 1. The lowest BCUT2D eigenvalue weighted by molar-refractivity contribution is 0.135. The Morgan fingerprint density at radius 2 is 1.95 bits per heavy atom. The summed E-state index contributed by atoms with van der Waals surface area (Å²) in [5, 5.41) is 9.08. The molecule has 0 aliphatic rings. The van der Waals surface area contributed by atoms with Crippen molar-refractivity contribution in [2.75, 3.05) is 26.3 Å². The zero-order chi connectivity index (χ0) is 15.0. The van der Waals surface area contributed by atoms with Gasteiger partial charge in [-0.1, -0.05) is 31.2 Å². The first-order chi connectivity index (χ1) is 9.53. The molecule has 0 fully saturated rings.